The number of Topliss-reactive ketones (excluding diaryl/α,β-unsaturated/α-hetero) is 1. The van der Waals surface area contributed by atoms with Crippen LogP contribution in [0.15, 0.2) is 18.2 Å². The Balaban J connectivity index is 2.70. The fraction of sp³-hybridized carbons (Fsp3) is 0.308. The van der Waals surface area contributed by atoms with Gasteiger partial charge in [-0.3, -0.25) is 4.79 Å². The average Bonchev–Trinajstić information content (AvgIpc) is 2.51. The molecule has 1 atom stereocenters. The van der Waals surface area contributed by atoms with Crippen molar-refractivity contribution in [2.75, 3.05) is 0 Å². The normalized spacial score (nSPS) is 13.0. The van der Waals surface area contributed by atoms with Gasteiger partial charge < -0.3 is 4.98 Å². The van der Waals surface area contributed by atoms with Crippen LogP contribution in [-0.4, -0.2) is 15.6 Å². The summed E-state index contributed by atoms with van der Waals surface area (Å²) in [5.41, 5.74) is 3.98. The highest BCUT2D eigenvalue weighted by molar-refractivity contribution is 9.10. The number of nitrogens with one attached hydrogen (secondary N) is 1. The molecule has 0 radical (unpaired) electrons. The van der Waals surface area contributed by atoms with Crippen LogP contribution in [0, 0.1) is 13.8 Å². The Morgan fingerprint density at radius 3 is 2.69 bits per heavy atom. The minimum Gasteiger partial charge on any atom is -0.358 e. The maximum Gasteiger partial charge on any atom is 0.178 e. The van der Waals surface area contributed by atoms with Crippen LogP contribution in [0.3, 0.4) is 0 Å². The monoisotopic (exact) mass is 279 g/mol. The van der Waals surface area contributed by atoms with Crippen molar-refractivity contribution in [3.8, 4) is 0 Å². The average molecular weight is 280 g/mol. The predicted molar refractivity (Wildman–Crippen MR) is 70.5 cm³/mol. The molecule has 0 aliphatic carbocycles. The lowest BCUT2D eigenvalue weighted by Crippen LogP contribution is -2.10. The maximum atomic E-state index is 12.1. The van der Waals surface area contributed by atoms with Crippen molar-refractivity contribution in [2.45, 2.75) is 25.6 Å². The molecule has 1 aromatic heterocycles. The maximum absolute atomic E-state index is 12.1. The zero-order valence-corrected chi connectivity index (χ0v) is 11.2. The topological polar surface area (TPSA) is 32.9 Å². The molecule has 2 nitrogen and oxygen atoms in total. The lowest BCUT2D eigenvalue weighted by Gasteiger charge is -2.02. The number of fused-ring (bicyclic) bond motifs is 1. The van der Waals surface area contributed by atoms with E-state index in [-0.39, 0.29) is 10.6 Å². The second kappa shape index (κ2) is 4.06. The van der Waals surface area contributed by atoms with Crippen LogP contribution in [0.1, 0.15) is 28.5 Å². The van der Waals surface area contributed by atoms with Crippen LogP contribution in [0.4, 0.5) is 0 Å². The molecular formula is C13H14BrNO. The van der Waals surface area contributed by atoms with E-state index in [1.807, 2.05) is 32.9 Å². The summed E-state index contributed by atoms with van der Waals surface area (Å²) in [5, 5.41) is 1.01. The van der Waals surface area contributed by atoms with Gasteiger partial charge in [0.1, 0.15) is 0 Å². The highest BCUT2D eigenvalue weighted by Gasteiger charge is 2.19. The van der Waals surface area contributed by atoms with Crippen LogP contribution in [0.25, 0.3) is 10.9 Å². The third-order valence-corrected chi connectivity index (χ3v) is 3.17. The molecule has 0 bridgehead atoms. The van der Waals surface area contributed by atoms with Gasteiger partial charge in [-0.25, -0.2) is 0 Å². The van der Waals surface area contributed by atoms with Crippen molar-refractivity contribution in [3.05, 3.63) is 35.0 Å². The van der Waals surface area contributed by atoms with E-state index in [2.05, 4.69) is 27.0 Å². The number of aromatic nitrogens is 1. The first-order valence-corrected chi connectivity index (χ1v) is 6.19. The molecule has 1 N–H and O–H groups in total. The number of rotatable bonds is 2. The van der Waals surface area contributed by atoms with Crippen molar-refractivity contribution in [1.29, 1.82) is 0 Å². The lowest BCUT2D eigenvalue weighted by molar-refractivity contribution is 0.0997. The molecule has 3 heteroatoms. The number of alkyl halides is 1. The Morgan fingerprint density at radius 2 is 2.06 bits per heavy atom. The van der Waals surface area contributed by atoms with E-state index >= 15 is 0 Å². The number of carbonyl (C=O) groups excluding carboxylic acids is 1. The molecule has 1 aromatic carbocycles. The largest absolute Gasteiger partial charge is 0.358 e. The summed E-state index contributed by atoms with van der Waals surface area (Å²) in [6, 6.07) is 6.11. The minimum atomic E-state index is -0.147. The molecule has 0 amide bonds. The Labute approximate surface area is 103 Å². The van der Waals surface area contributed by atoms with Gasteiger partial charge in [0.05, 0.1) is 4.83 Å². The van der Waals surface area contributed by atoms with Gasteiger partial charge in [0.25, 0.3) is 0 Å². The first-order valence-electron chi connectivity index (χ1n) is 5.28. The van der Waals surface area contributed by atoms with Gasteiger partial charge in [-0.2, -0.15) is 0 Å². The van der Waals surface area contributed by atoms with Gasteiger partial charge in [-0.15, -0.1) is 0 Å². The van der Waals surface area contributed by atoms with Crippen molar-refractivity contribution in [3.63, 3.8) is 0 Å². The van der Waals surface area contributed by atoms with Gasteiger partial charge in [0, 0.05) is 22.2 Å². The van der Waals surface area contributed by atoms with E-state index in [4.69, 9.17) is 0 Å². The van der Waals surface area contributed by atoms with Crippen LogP contribution in [0.5, 0.6) is 0 Å². The Hall–Kier alpha value is -1.09. The van der Waals surface area contributed by atoms with Gasteiger partial charge in [-0.05, 0) is 32.4 Å². The summed E-state index contributed by atoms with van der Waals surface area (Å²) in [7, 11) is 0. The van der Waals surface area contributed by atoms with E-state index in [0.717, 1.165) is 22.2 Å². The molecule has 0 fully saturated rings. The van der Waals surface area contributed by atoms with Crippen LogP contribution >= 0.6 is 15.9 Å². The van der Waals surface area contributed by atoms with E-state index in [1.165, 1.54) is 5.56 Å². The quantitative estimate of drug-likeness (QED) is 0.659. The summed E-state index contributed by atoms with van der Waals surface area (Å²) in [5.74, 6) is 0.132. The Bertz CT molecular complexity index is 554. The zero-order chi connectivity index (χ0) is 11.9. The smallest absolute Gasteiger partial charge is 0.178 e. The molecule has 84 valence electrons. The number of carbonyl (C=O) groups is 1. The summed E-state index contributed by atoms with van der Waals surface area (Å²) in [6.45, 7) is 5.84. The van der Waals surface area contributed by atoms with Crippen LogP contribution in [-0.2, 0) is 0 Å². The van der Waals surface area contributed by atoms with E-state index in [0.29, 0.717) is 0 Å². The first kappa shape index (κ1) is 11.4. The zero-order valence-electron chi connectivity index (χ0n) is 9.60. The predicted octanol–water partition coefficient (Wildman–Crippen LogP) is 3.75. The van der Waals surface area contributed by atoms with Crippen molar-refractivity contribution < 1.29 is 4.79 Å². The summed E-state index contributed by atoms with van der Waals surface area (Å²) >= 11 is 3.33. The standard InChI is InChI=1S/C13H14BrNO/c1-7-4-5-10-11(6-7)15-9(3)12(10)13(16)8(2)14/h4-6,8,15H,1-3H3/t8-/m0/s1. The van der Waals surface area contributed by atoms with Crippen molar-refractivity contribution in [2.24, 2.45) is 0 Å². The molecule has 16 heavy (non-hydrogen) atoms. The van der Waals surface area contributed by atoms with E-state index < -0.39 is 0 Å². The fourth-order valence-electron chi connectivity index (χ4n) is 1.96. The first-order chi connectivity index (χ1) is 7.50. The second-order valence-corrected chi connectivity index (χ2v) is 5.53. The fourth-order valence-corrected chi connectivity index (χ4v) is 2.19. The van der Waals surface area contributed by atoms with Crippen LogP contribution < -0.4 is 0 Å². The number of aromatic amines is 1. The highest BCUT2D eigenvalue weighted by atomic mass is 79.9. The van der Waals surface area contributed by atoms with Gasteiger partial charge in [0.2, 0.25) is 0 Å². The van der Waals surface area contributed by atoms with Gasteiger partial charge in [0.15, 0.2) is 5.78 Å². The minimum absolute atomic E-state index is 0.132. The molecular weight excluding hydrogens is 266 g/mol. The molecule has 0 aliphatic rings. The summed E-state index contributed by atoms with van der Waals surface area (Å²) < 4.78 is 0. The van der Waals surface area contributed by atoms with Crippen molar-refractivity contribution >= 4 is 32.6 Å². The lowest BCUT2D eigenvalue weighted by atomic mass is 10.0. The summed E-state index contributed by atoms with van der Waals surface area (Å²) in [6.07, 6.45) is 0. The molecule has 0 spiro atoms. The molecule has 2 rings (SSSR count). The number of ketones is 1. The number of hydrogen-bond acceptors (Lipinski definition) is 1. The van der Waals surface area contributed by atoms with E-state index in [1.54, 1.807) is 0 Å². The molecule has 2 aromatic rings. The number of benzene rings is 1. The van der Waals surface area contributed by atoms with Crippen LogP contribution in [0.2, 0.25) is 0 Å². The third-order valence-electron chi connectivity index (χ3n) is 2.75. The molecule has 0 saturated carbocycles. The van der Waals surface area contributed by atoms with Gasteiger partial charge in [-0.1, -0.05) is 28.1 Å². The highest BCUT2D eigenvalue weighted by Crippen LogP contribution is 2.25. The number of halogens is 1. The van der Waals surface area contributed by atoms with Gasteiger partial charge >= 0.3 is 0 Å². The molecule has 0 aliphatic heterocycles. The molecule has 0 unspecified atom stereocenters. The summed E-state index contributed by atoms with van der Waals surface area (Å²) in [4.78, 5) is 15.2. The Morgan fingerprint density at radius 1 is 1.38 bits per heavy atom. The molecule has 0 saturated heterocycles. The van der Waals surface area contributed by atoms with E-state index in [9.17, 15) is 4.79 Å². The number of aryl methyl sites for hydroxylation is 2. The molecule has 1 heterocycles. The second-order valence-electron chi connectivity index (χ2n) is 4.15. The van der Waals surface area contributed by atoms with Crippen molar-refractivity contribution in [1.82, 2.24) is 4.98 Å². The SMILES string of the molecule is Cc1ccc2c(C(=O)[C@H](C)Br)c(C)[nH]c2c1. The number of H-pyrrole nitrogens is 1. The number of hydrogen-bond donors (Lipinski definition) is 1. The Kier molecular flexibility index (Phi) is 2.89. The third kappa shape index (κ3) is 1.80.